The van der Waals surface area contributed by atoms with Crippen LogP contribution in [0.25, 0.3) is 23.0 Å². The number of carbonyl (C=O) groups excluding carboxylic acids is 1. The van der Waals surface area contributed by atoms with E-state index in [1.165, 1.54) is 25.3 Å². The molecule has 0 saturated carbocycles. The molecule has 0 amide bonds. The van der Waals surface area contributed by atoms with E-state index in [4.69, 9.17) is 4.74 Å². The van der Waals surface area contributed by atoms with Gasteiger partial charge in [0.05, 0.1) is 6.61 Å². The Labute approximate surface area is 213 Å². The second-order valence-electron chi connectivity index (χ2n) is 8.01. The summed E-state index contributed by atoms with van der Waals surface area (Å²) in [6.45, 7) is 3.33. The SMILES string of the molecule is CCOC(=O)/C=C/c1cccc(-c2cnc(Nc3cc(F)cc(F)c3)nc2-n2nc(C(F)(F)F)cc2C)c1. The number of benzene rings is 2. The first-order valence-electron chi connectivity index (χ1n) is 11.2. The first-order valence-corrected chi connectivity index (χ1v) is 11.2. The molecule has 4 aromatic rings. The quantitative estimate of drug-likeness (QED) is 0.173. The van der Waals surface area contributed by atoms with Crippen molar-refractivity contribution in [1.29, 1.82) is 0 Å². The summed E-state index contributed by atoms with van der Waals surface area (Å²) < 4.78 is 73.3. The van der Waals surface area contributed by atoms with Gasteiger partial charge in [-0.2, -0.15) is 23.3 Å². The summed E-state index contributed by atoms with van der Waals surface area (Å²) in [5, 5.41) is 6.35. The summed E-state index contributed by atoms with van der Waals surface area (Å²) in [5.41, 5.74) is 0.448. The third-order valence-corrected chi connectivity index (χ3v) is 5.16. The van der Waals surface area contributed by atoms with Gasteiger partial charge in [-0.15, -0.1) is 0 Å². The molecular formula is C26H20F5N5O2. The van der Waals surface area contributed by atoms with Crippen molar-refractivity contribution in [1.82, 2.24) is 19.7 Å². The molecule has 0 fully saturated rings. The topological polar surface area (TPSA) is 81.9 Å². The highest BCUT2D eigenvalue weighted by molar-refractivity contribution is 5.87. The molecule has 0 radical (unpaired) electrons. The van der Waals surface area contributed by atoms with Crippen molar-refractivity contribution in [3.05, 3.63) is 89.4 Å². The van der Waals surface area contributed by atoms with Crippen molar-refractivity contribution in [2.75, 3.05) is 11.9 Å². The average Bonchev–Trinajstić information content (AvgIpc) is 3.24. The van der Waals surface area contributed by atoms with Crippen molar-refractivity contribution in [2.45, 2.75) is 20.0 Å². The van der Waals surface area contributed by atoms with Gasteiger partial charge in [0.2, 0.25) is 5.95 Å². The van der Waals surface area contributed by atoms with Crippen LogP contribution >= 0.6 is 0 Å². The van der Waals surface area contributed by atoms with Crippen molar-refractivity contribution in [3.63, 3.8) is 0 Å². The van der Waals surface area contributed by atoms with Gasteiger partial charge < -0.3 is 10.1 Å². The van der Waals surface area contributed by atoms with Crippen LogP contribution in [0.4, 0.5) is 33.6 Å². The molecule has 2 heterocycles. The number of nitrogens with one attached hydrogen (secondary N) is 1. The Morgan fingerprint density at radius 1 is 1.11 bits per heavy atom. The minimum absolute atomic E-state index is 0.000433. The summed E-state index contributed by atoms with van der Waals surface area (Å²) in [7, 11) is 0. The molecule has 2 aromatic heterocycles. The number of ether oxygens (including phenoxy) is 1. The van der Waals surface area contributed by atoms with Crippen LogP contribution in [-0.4, -0.2) is 32.3 Å². The Kier molecular flexibility index (Phi) is 7.51. The maximum atomic E-state index is 13.6. The third-order valence-electron chi connectivity index (χ3n) is 5.16. The zero-order valence-corrected chi connectivity index (χ0v) is 20.1. The smallest absolute Gasteiger partial charge is 0.435 e. The monoisotopic (exact) mass is 529 g/mol. The molecule has 0 aliphatic heterocycles. The van der Waals surface area contributed by atoms with Gasteiger partial charge in [0, 0.05) is 35.3 Å². The Bertz CT molecular complexity index is 1490. The Morgan fingerprint density at radius 2 is 1.84 bits per heavy atom. The number of nitrogens with zero attached hydrogens (tertiary/aromatic N) is 4. The Hall–Kier alpha value is -4.61. The number of hydrogen-bond donors (Lipinski definition) is 1. The van der Waals surface area contributed by atoms with E-state index < -0.39 is 29.5 Å². The molecule has 0 atom stereocenters. The first kappa shape index (κ1) is 26.5. The number of rotatable bonds is 7. The lowest BCUT2D eigenvalue weighted by Gasteiger charge is -2.13. The van der Waals surface area contributed by atoms with Crippen LogP contribution in [-0.2, 0) is 15.7 Å². The molecule has 0 aliphatic carbocycles. The summed E-state index contributed by atoms with van der Waals surface area (Å²) >= 11 is 0. The van der Waals surface area contributed by atoms with Gasteiger partial charge in [0.15, 0.2) is 11.5 Å². The van der Waals surface area contributed by atoms with Crippen LogP contribution in [0.15, 0.2) is 60.8 Å². The fraction of sp³-hybridized carbons (Fsp3) is 0.154. The lowest BCUT2D eigenvalue weighted by molar-refractivity contribution is -0.141. The van der Waals surface area contributed by atoms with Crippen molar-refractivity contribution < 1.29 is 31.5 Å². The van der Waals surface area contributed by atoms with E-state index in [-0.39, 0.29) is 29.8 Å². The van der Waals surface area contributed by atoms with Gasteiger partial charge in [0.1, 0.15) is 11.6 Å². The van der Waals surface area contributed by atoms with Crippen molar-refractivity contribution in [3.8, 4) is 16.9 Å². The Balaban J connectivity index is 1.81. The molecule has 38 heavy (non-hydrogen) atoms. The summed E-state index contributed by atoms with van der Waals surface area (Å²) in [6, 6.07) is 10.4. The Morgan fingerprint density at radius 3 is 2.50 bits per heavy atom. The number of alkyl halides is 3. The molecule has 0 aliphatic rings. The summed E-state index contributed by atoms with van der Waals surface area (Å²) in [4.78, 5) is 20.2. The van der Waals surface area contributed by atoms with Crippen LogP contribution in [0.3, 0.4) is 0 Å². The predicted octanol–water partition coefficient (Wildman–Crippen LogP) is 6.25. The van der Waals surface area contributed by atoms with Gasteiger partial charge in [-0.1, -0.05) is 18.2 Å². The van der Waals surface area contributed by atoms with E-state index in [9.17, 15) is 26.7 Å². The van der Waals surface area contributed by atoms with Gasteiger partial charge in [0.25, 0.3) is 0 Å². The zero-order chi connectivity index (χ0) is 27.4. The van der Waals surface area contributed by atoms with Crippen LogP contribution < -0.4 is 5.32 Å². The van der Waals surface area contributed by atoms with Gasteiger partial charge in [-0.05, 0) is 55.3 Å². The lowest BCUT2D eigenvalue weighted by Crippen LogP contribution is -2.10. The number of aryl methyl sites for hydroxylation is 1. The number of halogens is 5. The highest BCUT2D eigenvalue weighted by Gasteiger charge is 2.35. The lowest BCUT2D eigenvalue weighted by atomic mass is 10.0. The van der Waals surface area contributed by atoms with Crippen LogP contribution in [0.5, 0.6) is 0 Å². The molecule has 0 bridgehead atoms. The number of carbonyl (C=O) groups is 1. The maximum Gasteiger partial charge on any atom is 0.435 e. The van der Waals surface area contributed by atoms with Gasteiger partial charge in [-0.25, -0.2) is 23.2 Å². The van der Waals surface area contributed by atoms with Crippen molar-refractivity contribution >= 4 is 23.7 Å². The third kappa shape index (κ3) is 6.20. The molecule has 1 N–H and O–H groups in total. The molecule has 0 unspecified atom stereocenters. The number of anilines is 2. The van der Waals surface area contributed by atoms with E-state index >= 15 is 0 Å². The average molecular weight is 529 g/mol. The second kappa shape index (κ2) is 10.8. The van der Waals surface area contributed by atoms with E-state index in [1.807, 2.05) is 0 Å². The predicted molar refractivity (Wildman–Crippen MR) is 130 cm³/mol. The summed E-state index contributed by atoms with van der Waals surface area (Å²) in [6.07, 6.45) is -0.570. The summed E-state index contributed by atoms with van der Waals surface area (Å²) in [5.74, 6) is -2.35. The fourth-order valence-electron chi connectivity index (χ4n) is 3.55. The number of esters is 1. The largest absolute Gasteiger partial charge is 0.463 e. The first-order chi connectivity index (χ1) is 18.0. The minimum Gasteiger partial charge on any atom is -0.463 e. The fourth-order valence-corrected chi connectivity index (χ4v) is 3.55. The van der Waals surface area contributed by atoms with Crippen LogP contribution in [0.1, 0.15) is 23.9 Å². The highest BCUT2D eigenvalue weighted by atomic mass is 19.4. The standard InChI is InChI=1S/C26H20F5N5O2/c1-3-38-23(37)8-7-16-5-4-6-17(10-16)21-14-32-25(33-20-12-18(27)11-19(28)13-20)34-24(21)36-15(2)9-22(35-36)26(29,30)31/h4-14H,3H2,1-2H3,(H,32,33,34)/b8-7+. The van der Waals surface area contributed by atoms with E-state index in [0.717, 1.165) is 22.9 Å². The normalized spacial score (nSPS) is 11.7. The van der Waals surface area contributed by atoms with Crippen LogP contribution in [0.2, 0.25) is 0 Å². The van der Waals surface area contributed by atoms with Gasteiger partial charge >= 0.3 is 12.1 Å². The van der Waals surface area contributed by atoms with Crippen molar-refractivity contribution in [2.24, 2.45) is 0 Å². The molecule has 2 aromatic carbocycles. The molecule has 7 nitrogen and oxygen atoms in total. The highest BCUT2D eigenvalue weighted by Crippen LogP contribution is 2.32. The minimum atomic E-state index is -4.69. The number of aromatic nitrogens is 4. The molecule has 0 spiro atoms. The second-order valence-corrected chi connectivity index (χ2v) is 8.01. The maximum absolute atomic E-state index is 13.6. The van der Waals surface area contributed by atoms with E-state index in [2.05, 4.69) is 20.4 Å². The molecule has 12 heteroatoms. The molecule has 0 saturated heterocycles. The molecule has 196 valence electrons. The molecular weight excluding hydrogens is 509 g/mol. The zero-order valence-electron chi connectivity index (χ0n) is 20.1. The van der Waals surface area contributed by atoms with E-state index in [1.54, 1.807) is 31.2 Å². The van der Waals surface area contributed by atoms with E-state index in [0.29, 0.717) is 22.8 Å². The van der Waals surface area contributed by atoms with Crippen LogP contribution in [0, 0.1) is 18.6 Å². The molecule has 4 rings (SSSR count). The number of hydrogen-bond acceptors (Lipinski definition) is 6. The van der Waals surface area contributed by atoms with Gasteiger partial charge in [-0.3, -0.25) is 0 Å².